The average molecular weight is 275 g/mol. The zero-order valence-corrected chi connectivity index (χ0v) is 11.9. The Kier molecular flexibility index (Phi) is 7.90. The molecule has 1 atom stereocenters. The third-order valence-corrected chi connectivity index (χ3v) is 3.52. The summed E-state index contributed by atoms with van der Waals surface area (Å²) in [7, 11) is 3.39. The van der Waals surface area contributed by atoms with E-state index in [1.54, 1.807) is 30.7 Å². The lowest BCUT2D eigenvalue weighted by atomic mass is 10.5. The molecule has 1 rings (SSSR count). The van der Waals surface area contributed by atoms with Gasteiger partial charge in [0.1, 0.15) is 0 Å². The molecule has 8 heteroatoms. The highest BCUT2D eigenvalue weighted by atomic mass is 32.2. The summed E-state index contributed by atoms with van der Waals surface area (Å²) < 4.78 is 11.9. The molecule has 1 aromatic rings. The van der Waals surface area contributed by atoms with E-state index >= 15 is 0 Å². The van der Waals surface area contributed by atoms with Crippen LogP contribution in [0.2, 0.25) is 0 Å². The normalized spacial score (nSPS) is 12.8. The van der Waals surface area contributed by atoms with Crippen molar-refractivity contribution < 1.29 is 9.47 Å². The molecular formula is C10H21N5O2S. The van der Waals surface area contributed by atoms with Crippen LogP contribution in [0.4, 0.5) is 0 Å². The minimum Gasteiger partial charge on any atom is -0.383 e. The average Bonchev–Trinajstić information content (AvgIpc) is 2.83. The Balaban J connectivity index is 2.26. The van der Waals surface area contributed by atoms with Crippen molar-refractivity contribution in [2.45, 2.75) is 24.7 Å². The lowest BCUT2D eigenvalue weighted by Gasteiger charge is -2.08. The maximum absolute atomic E-state index is 5.19. The van der Waals surface area contributed by atoms with Crippen LogP contribution in [0.25, 0.3) is 0 Å². The molecule has 7 nitrogen and oxygen atoms in total. The number of nitrogens with zero attached hydrogens (tertiary/aromatic N) is 4. The van der Waals surface area contributed by atoms with E-state index in [-0.39, 0.29) is 6.10 Å². The smallest absolute Gasteiger partial charge is 0.209 e. The molecular weight excluding hydrogens is 254 g/mol. The first kappa shape index (κ1) is 15.4. The molecule has 0 spiro atoms. The number of nitrogens with one attached hydrogen (secondary N) is 1. The van der Waals surface area contributed by atoms with Crippen molar-refractivity contribution in [1.82, 2.24) is 25.5 Å². The number of tetrazole rings is 1. The second kappa shape index (κ2) is 9.26. The lowest BCUT2D eigenvalue weighted by molar-refractivity contribution is 0.137. The number of ether oxygens (including phenoxy) is 2. The summed E-state index contributed by atoms with van der Waals surface area (Å²) in [6.45, 7) is 5.14. The van der Waals surface area contributed by atoms with Crippen LogP contribution in [-0.4, -0.2) is 66.0 Å². The Morgan fingerprint density at radius 1 is 1.39 bits per heavy atom. The van der Waals surface area contributed by atoms with E-state index < -0.39 is 0 Å². The standard InChI is InChI=1S/C10H21N5O2S/c1-9(17-3)8-18-10-12-13-14-15(10)6-4-11-5-7-16-2/h9,11H,4-8H2,1-3H3. The van der Waals surface area contributed by atoms with Crippen LogP contribution in [0.5, 0.6) is 0 Å². The third-order valence-electron chi connectivity index (χ3n) is 2.33. The molecule has 0 saturated heterocycles. The molecule has 1 N–H and O–H groups in total. The van der Waals surface area contributed by atoms with Gasteiger partial charge in [-0.1, -0.05) is 11.8 Å². The largest absolute Gasteiger partial charge is 0.383 e. The first-order valence-corrected chi connectivity index (χ1v) is 6.88. The molecule has 0 amide bonds. The van der Waals surface area contributed by atoms with Gasteiger partial charge in [-0.25, -0.2) is 4.68 Å². The predicted octanol–water partition coefficient (Wildman–Crippen LogP) is 0.0361. The Morgan fingerprint density at radius 3 is 2.94 bits per heavy atom. The van der Waals surface area contributed by atoms with Crippen LogP contribution in [-0.2, 0) is 16.0 Å². The van der Waals surface area contributed by atoms with Gasteiger partial charge in [-0.3, -0.25) is 0 Å². The number of methoxy groups -OCH3 is 2. The highest BCUT2D eigenvalue weighted by molar-refractivity contribution is 7.99. The first-order chi connectivity index (χ1) is 8.77. The second-order valence-corrected chi connectivity index (χ2v) is 4.77. The number of thioether (sulfide) groups is 1. The molecule has 0 aromatic carbocycles. The minimum absolute atomic E-state index is 0.194. The molecule has 1 unspecified atom stereocenters. The summed E-state index contributed by atoms with van der Waals surface area (Å²) in [5.41, 5.74) is 0. The number of rotatable bonds is 10. The van der Waals surface area contributed by atoms with Crippen molar-refractivity contribution in [2.24, 2.45) is 0 Å². The molecule has 0 saturated carbocycles. The van der Waals surface area contributed by atoms with Crippen LogP contribution in [0.1, 0.15) is 6.92 Å². The van der Waals surface area contributed by atoms with Gasteiger partial charge >= 0.3 is 0 Å². The molecule has 0 radical (unpaired) electrons. The van der Waals surface area contributed by atoms with Crippen molar-refractivity contribution in [2.75, 3.05) is 39.7 Å². The lowest BCUT2D eigenvalue weighted by Crippen LogP contribution is -2.24. The van der Waals surface area contributed by atoms with E-state index in [1.807, 2.05) is 6.92 Å². The third kappa shape index (κ3) is 5.76. The van der Waals surface area contributed by atoms with Gasteiger partial charge in [0.15, 0.2) is 0 Å². The molecule has 0 aliphatic heterocycles. The van der Waals surface area contributed by atoms with E-state index in [4.69, 9.17) is 9.47 Å². The van der Waals surface area contributed by atoms with Gasteiger partial charge in [0.25, 0.3) is 0 Å². The van der Waals surface area contributed by atoms with E-state index in [0.29, 0.717) is 6.61 Å². The quantitative estimate of drug-likeness (QED) is 0.477. The van der Waals surface area contributed by atoms with Gasteiger partial charge in [-0.05, 0) is 17.4 Å². The topological polar surface area (TPSA) is 74.1 Å². The summed E-state index contributed by atoms with van der Waals surface area (Å²) in [6, 6.07) is 0. The van der Waals surface area contributed by atoms with Crippen molar-refractivity contribution in [3.63, 3.8) is 0 Å². The van der Waals surface area contributed by atoms with Crippen molar-refractivity contribution in [3.05, 3.63) is 0 Å². The van der Waals surface area contributed by atoms with Gasteiger partial charge in [-0.15, -0.1) is 5.10 Å². The predicted molar refractivity (Wildman–Crippen MR) is 69.8 cm³/mol. The van der Waals surface area contributed by atoms with Gasteiger partial charge in [0.05, 0.1) is 19.3 Å². The molecule has 0 aliphatic carbocycles. The SMILES string of the molecule is COCCNCCn1nnnc1SCC(C)OC. The summed E-state index contributed by atoms with van der Waals surface area (Å²) in [6.07, 6.45) is 0.194. The van der Waals surface area contributed by atoms with E-state index in [9.17, 15) is 0 Å². The molecule has 1 aromatic heterocycles. The Hall–Kier alpha value is -0.700. The molecule has 18 heavy (non-hydrogen) atoms. The summed E-state index contributed by atoms with van der Waals surface area (Å²) in [5.74, 6) is 0.841. The highest BCUT2D eigenvalue weighted by Crippen LogP contribution is 2.15. The van der Waals surface area contributed by atoms with Crippen LogP contribution in [0.15, 0.2) is 5.16 Å². The van der Waals surface area contributed by atoms with E-state index in [1.165, 1.54) is 0 Å². The second-order valence-electron chi connectivity index (χ2n) is 3.78. The summed E-state index contributed by atoms with van der Waals surface area (Å²) in [4.78, 5) is 0. The monoisotopic (exact) mass is 275 g/mol. The van der Waals surface area contributed by atoms with E-state index in [2.05, 4.69) is 20.8 Å². The fourth-order valence-corrected chi connectivity index (χ4v) is 2.08. The first-order valence-electron chi connectivity index (χ1n) is 5.89. The number of hydrogen-bond donors (Lipinski definition) is 1. The van der Waals surface area contributed by atoms with Gasteiger partial charge in [0, 0.05) is 33.1 Å². The van der Waals surface area contributed by atoms with Gasteiger partial charge in [-0.2, -0.15) is 0 Å². The summed E-state index contributed by atoms with van der Waals surface area (Å²) in [5, 5.41) is 15.7. The van der Waals surface area contributed by atoms with Crippen LogP contribution in [0, 0.1) is 0 Å². The molecule has 104 valence electrons. The Morgan fingerprint density at radius 2 is 2.22 bits per heavy atom. The number of aromatic nitrogens is 4. The molecule has 0 fully saturated rings. The van der Waals surface area contributed by atoms with Gasteiger partial charge in [0.2, 0.25) is 5.16 Å². The van der Waals surface area contributed by atoms with Crippen molar-refractivity contribution in [1.29, 1.82) is 0 Å². The fourth-order valence-electron chi connectivity index (χ4n) is 1.18. The fraction of sp³-hybridized carbons (Fsp3) is 0.900. The maximum Gasteiger partial charge on any atom is 0.209 e. The van der Waals surface area contributed by atoms with Crippen LogP contribution >= 0.6 is 11.8 Å². The summed E-state index contributed by atoms with van der Waals surface area (Å²) >= 11 is 1.60. The molecule has 0 bridgehead atoms. The minimum atomic E-state index is 0.194. The van der Waals surface area contributed by atoms with Crippen molar-refractivity contribution >= 4 is 11.8 Å². The Labute approximate surface area is 112 Å². The zero-order valence-electron chi connectivity index (χ0n) is 11.1. The van der Waals surface area contributed by atoms with Crippen molar-refractivity contribution in [3.8, 4) is 0 Å². The van der Waals surface area contributed by atoms with Crippen LogP contribution in [0.3, 0.4) is 0 Å². The maximum atomic E-state index is 5.19. The Bertz CT molecular complexity index is 323. The van der Waals surface area contributed by atoms with Gasteiger partial charge < -0.3 is 14.8 Å². The highest BCUT2D eigenvalue weighted by Gasteiger charge is 2.08. The van der Waals surface area contributed by atoms with Crippen LogP contribution < -0.4 is 5.32 Å². The van der Waals surface area contributed by atoms with E-state index in [0.717, 1.165) is 30.5 Å². The number of hydrogen-bond acceptors (Lipinski definition) is 7. The molecule has 0 aliphatic rings. The molecule has 1 heterocycles. The zero-order chi connectivity index (χ0) is 13.2.